The van der Waals surface area contributed by atoms with Crippen molar-refractivity contribution in [2.45, 2.75) is 53.6 Å². The van der Waals surface area contributed by atoms with Crippen molar-refractivity contribution in [1.29, 1.82) is 0 Å². The lowest BCUT2D eigenvalue weighted by atomic mass is 10.1. The van der Waals surface area contributed by atoms with Crippen LogP contribution in [0.5, 0.6) is 0 Å². The van der Waals surface area contributed by atoms with E-state index in [0.29, 0.717) is 13.0 Å². The number of Topliss-reactive ketones (excluding diaryl/α,β-unsaturated/α-hetero) is 1. The quantitative estimate of drug-likeness (QED) is 0.758. The van der Waals surface area contributed by atoms with Gasteiger partial charge in [-0.2, -0.15) is 10.2 Å². The zero-order valence-corrected chi connectivity index (χ0v) is 12.6. The van der Waals surface area contributed by atoms with Gasteiger partial charge in [-0.05, 0) is 20.3 Å². The van der Waals surface area contributed by atoms with Crippen LogP contribution in [0.15, 0.2) is 6.33 Å². The number of ketones is 1. The Labute approximate surface area is 118 Å². The van der Waals surface area contributed by atoms with Crippen LogP contribution >= 0.6 is 0 Å². The molecule has 0 atom stereocenters. The third-order valence-electron chi connectivity index (χ3n) is 3.40. The second kappa shape index (κ2) is 5.98. The molecule has 0 aliphatic heterocycles. The van der Waals surface area contributed by atoms with E-state index in [0.717, 1.165) is 35.7 Å². The molecule has 2 heterocycles. The number of aromatic nitrogens is 5. The molecule has 6 heteroatoms. The molecule has 0 fully saturated rings. The van der Waals surface area contributed by atoms with E-state index in [1.807, 2.05) is 30.1 Å². The van der Waals surface area contributed by atoms with Gasteiger partial charge in [0.25, 0.3) is 0 Å². The van der Waals surface area contributed by atoms with Crippen molar-refractivity contribution in [1.82, 2.24) is 24.5 Å². The van der Waals surface area contributed by atoms with Crippen molar-refractivity contribution in [3.8, 4) is 0 Å². The molecule has 108 valence electrons. The van der Waals surface area contributed by atoms with Gasteiger partial charge in [0.2, 0.25) is 0 Å². The van der Waals surface area contributed by atoms with E-state index in [1.165, 1.54) is 0 Å². The van der Waals surface area contributed by atoms with Gasteiger partial charge in [0.1, 0.15) is 18.7 Å². The fraction of sp³-hybridized carbons (Fsp3) is 0.571. The maximum absolute atomic E-state index is 12.0. The predicted molar refractivity (Wildman–Crippen MR) is 75.7 cm³/mol. The van der Waals surface area contributed by atoms with Crippen LogP contribution in [0.25, 0.3) is 0 Å². The Balaban J connectivity index is 2.30. The van der Waals surface area contributed by atoms with Gasteiger partial charge < -0.3 is 0 Å². The van der Waals surface area contributed by atoms with Crippen LogP contribution in [0.1, 0.15) is 54.3 Å². The van der Waals surface area contributed by atoms with E-state index in [4.69, 9.17) is 0 Å². The van der Waals surface area contributed by atoms with Gasteiger partial charge in [0.15, 0.2) is 5.78 Å². The topological polar surface area (TPSA) is 65.6 Å². The van der Waals surface area contributed by atoms with Crippen LogP contribution in [0, 0.1) is 13.8 Å². The molecule has 0 radical (unpaired) electrons. The zero-order valence-electron chi connectivity index (χ0n) is 12.6. The highest BCUT2D eigenvalue weighted by Crippen LogP contribution is 2.16. The zero-order chi connectivity index (χ0) is 14.7. The highest BCUT2D eigenvalue weighted by molar-refractivity contribution is 5.97. The summed E-state index contributed by atoms with van der Waals surface area (Å²) in [5.41, 5.74) is 2.44. The molecule has 0 bridgehead atoms. The average Bonchev–Trinajstić information content (AvgIpc) is 2.96. The molecule has 2 aromatic heterocycles. The maximum Gasteiger partial charge on any atom is 0.166 e. The van der Waals surface area contributed by atoms with E-state index in [-0.39, 0.29) is 5.78 Å². The van der Waals surface area contributed by atoms with Crippen molar-refractivity contribution in [3.05, 3.63) is 29.1 Å². The monoisotopic (exact) mass is 275 g/mol. The summed E-state index contributed by atoms with van der Waals surface area (Å²) in [6.45, 7) is 9.18. The van der Waals surface area contributed by atoms with E-state index < -0.39 is 0 Å². The van der Waals surface area contributed by atoms with Gasteiger partial charge in [-0.1, -0.05) is 13.8 Å². The molecule has 0 saturated heterocycles. The number of rotatable bonds is 6. The van der Waals surface area contributed by atoms with E-state index in [9.17, 15) is 4.79 Å². The molecule has 0 unspecified atom stereocenters. The van der Waals surface area contributed by atoms with Crippen molar-refractivity contribution >= 4 is 5.78 Å². The summed E-state index contributed by atoms with van der Waals surface area (Å²) >= 11 is 0. The van der Waals surface area contributed by atoms with Crippen LogP contribution < -0.4 is 0 Å². The molecular formula is C14H21N5O. The minimum Gasteiger partial charge on any atom is -0.294 e. The van der Waals surface area contributed by atoms with Gasteiger partial charge >= 0.3 is 0 Å². The summed E-state index contributed by atoms with van der Waals surface area (Å²) in [5, 5.41) is 8.68. The first kappa shape index (κ1) is 14.4. The minimum atomic E-state index is 0.140. The van der Waals surface area contributed by atoms with Crippen LogP contribution in [-0.2, 0) is 13.1 Å². The van der Waals surface area contributed by atoms with Crippen molar-refractivity contribution in [3.63, 3.8) is 0 Å². The molecule has 20 heavy (non-hydrogen) atoms. The molecular weight excluding hydrogens is 254 g/mol. The Bertz CT molecular complexity index is 611. The Morgan fingerprint density at radius 3 is 2.65 bits per heavy atom. The summed E-state index contributed by atoms with van der Waals surface area (Å²) < 4.78 is 3.73. The van der Waals surface area contributed by atoms with E-state index in [1.54, 1.807) is 6.33 Å². The Kier molecular flexibility index (Phi) is 4.32. The lowest BCUT2D eigenvalue weighted by molar-refractivity contribution is 0.0987. The normalized spacial score (nSPS) is 11.0. The summed E-state index contributed by atoms with van der Waals surface area (Å²) in [7, 11) is 0. The third kappa shape index (κ3) is 2.64. The number of nitrogens with zero attached hydrogens (tertiary/aromatic N) is 5. The van der Waals surface area contributed by atoms with Crippen LogP contribution in [0.3, 0.4) is 0 Å². The van der Waals surface area contributed by atoms with Gasteiger partial charge in [0.05, 0.1) is 11.3 Å². The van der Waals surface area contributed by atoms with Gasteiger partial charge in [-0.3, -0.25) is 9.48 Å². The molecule has 2 rings (SSSR count). The molecule has 0 aliphatic rings. The molecule has 0 aromatic carbocycles. The predicted octanol–water partition coefficient (Wildman–Crippen LogP) is 2.14. The van der Waals surface area contributed by atoms with Crippen LogP contribution in [0.4, 0.5) is 0 Å². The molecule has 6 nitrogen and oxygen atoms in total. The van der Waals surface area contributed by atoms with Crippen molar-refractivity contribution < 1.29 is 4.79 Å². The first-order valence-corrected chi connectivity index (χ1v) is 7.02. The first-order chi connectivity index (χ1) is 9.58. The SMILES string of the molecule is CCCn1ncnc1Cn1nc(C)c(C(=O)CC)c1C. The second-order valence-electron chi connectivity index (χ2n) is 4.88. The number of carbonyl (C=O) groups is 1. The number of aryl methyl sites for hydroxylation is 2. The maximum atomic E-state index is 12.0. The first-order valence-electron chi connectivity index (χ1n) is 7.02. The van der Waals surface area contributed by atoms with Crippen LogP contribution in [0.2, 0.25) is 0 Å². The average molecular weight is 275 g/mol. The molecule has 0 N–H and O–H groups in total. The summed E-state index contributed by atoms with van der Waals surface area (Å²) in [6.07, 6.45) is 3.07. The molecule has 0 spiro atoms. The second-order valence-corrected chi connectivity index (χ2v) is 4.88. The fourth-order valence-corrected chi connectivity index (χ4v) is 2.37. The lowest BCUT2D eigenvalue weighted by Crippen LogP contribution is -2.12. The Morgan fingerprint density at radius 2 is 2.00 bits per heavy atom. The highest BCUT2D eigenvalue weighted by atomic mass is 16.1. The molecule has 0 amide bonds. The molecule has 2 aromatic rings. The largest absolute Gasteiger partial charge is 0.294 e. The number of hydrogen-bond acceptors (Lipinski definition) is 4. The highest BCUT2D eigenvalue weighted by Gasteiger charge is 2.18. The Morgan fingerprint density at radius 1 is 1.25 bits per heavy atom. The Hall–Kier alpha value is -1.98. The fourth-order valence-electron chi connectivity index (χ4n) is 2.37. The minimum absolute atomic E-state index is 0.140. The van der Waals surface area contributed by atoms with Crippen molar-refractivity contribution in [2.24, 2.45) is 0 Å². The third-order valence-corrected chi connectivity index (χ3v) is 3.40. The summed E-state index contributed by atoms with van der Waals surface area (Å²) in [4.78, 5) is 16.2. The van der Waals surface area contributed by atoms with Crippen LogP contribution in [-0.4, -0.2) is 30.3 Å². The standard InChI is InChI=1S/C14H21N5O/c1-5-7-18-13(15-9-16-18)8-19-11(4)14(10(3)17-19)12(20)6-2/h9H,5-8H2,1-4H3. The number of carbonyl (C=O) groups excluding carboxylic acids is 1. The number of hydrogen-bond donors (Lipinski definition) is 0. The molecule has 0 aliphatic carbocycles. The van der Waals surface area contributed by atoms with Gasteiger partial charge in [-0.15, -0.1) is 0 Å². The summed E-state index contributed by atoms with van der Waals surface area (Å²) in [5.74, 6) is 1.01. The van der Waals surface area contributed by atoms with Crippen molar-refractivity contribution in [2.75, 3.05) is 0 Å². The van der Waals surface area contributed by atoms with Gasteiger partial charge in [0, 0.05) is 18.7 Å². The van der Waals surface area contributed by atoms with Gasteiger partial charge in [-0.25, -0.2) is 9.67 Å². The van der Waals surface area contributed by atoms with E-state index >= 15 is 0 Å². The smallest absolute Gasteiger partial charge is 0.166 e. The lowest BCUT2D eigenvalue weighted by Gasteiger charge is -2.06. The molecule has 0 saturated carbocycles. The van der Waals surface area contributed by atoms with E-state index in [2.05, 4.69) is 22.1 Å². The summed E-state index contributed by atoms with van der Waals surface area (Å²) in [6, 6.07) is 0.